The Morgan fingerprint density at radius 1 is 1.39 bits per heavy atom. The number of rotatable bonds is 5. The second kappa shape index (κ2) is 6.43. The number of ether oxygens (including phenoxy) is 1. The molecule has 0 amide bonds. The zero-order chi connectivity index (χ0) is 13.7. The molecule has 0 aromatic heterocycles. The van der Waals surface area contributed by atoms with Crippen molar-refractivity contribution < 1.29 is 9.53 Å². The topological polar surface area (TPSA) is 29.5 Å². The Bertz CT molecular complexity index is 415. The Morgan fingerprint density at radius 3 is 2.61 bits per heavy atom. The van der Waals surface area contributed by atoms with Crippen molar-refractivity contribution in [3.8, 4) is 0 Å². The highest BCUT2D eigenvalue weighted by atomic mass is 16.5. The van der Waals surface area contributed by atoms with E-state index in [1.807, 2.05) is 14.0 Å². The molecule has 1 aromatic carbocycles. The van der Waals surface area contributed by atoms with Gasteiger partial charge in [-0.15, -0.1) is 0 Å². The van der Waals surface area contributed by atoms with Crippen LogP contribution in [-0.2, 0) is 9.53 Å². The molecule has 0 aliphatic carbocycles. The van der Waals surface area contributed by atoms with Crippen LogP contribution in [0.4, 0.5) is 5.69 Å². The SMILES string of the molecule is CCC(CN(C)c1cc(C)ccc1C)C(=O)OC. The summed E-state index contributed by atoms with van der Waals surface area (Å²) < 4.78 is 4.83. The molecule has 3 nitrogen and oxygen atoms in total. The molecule has 0 fully saturated rings. The number of methoxy groups -OCH3 is 1. The zero-order valence-corrected chi connectivity index (χ0v) is 12.0. The standard InChI is InChI=1S/C15H23NO2/c1-6-13(15(17)18-5)10-16(4)14-9-11(2)7-8-12(14)3/h7-9,13H,6,10H2,1-5H3. The van der Waals surface area contributed by atoms with E-state index in [9.17, 15) is 4.79 Å². The minimum Gasteiger partial charge on any atom is -0.469 e. The van der Waals surface area contributed by atoms with Gasteiger partial charge in [-0.1, -0.05) is 19.1 Å². The molecule has 0 bridgehead atoms. The van der Waals surface area contributed by atoms with Crippen molar-refractivity contribution in [1.29, 1.82) is 0 Å². The first-order valence-electron chi connectivity index (χ1n) is 6.35. The van der Waals surface area contributed by atoms with Crippen molar-refractivity contribution >= 4 is 11.7 Å². The van der Waals surface area contributed by atoms with Crippen LogP contribution in [0, 0.1) is 19.8 Å². The van der Waals surface area contributed by atoms with Gasteiger partial charge in [-0.05, 0) is 37.5 Å². The van der Waals surface area contributed by atoms with Gasteiger partial charge in [-0.25, -0.2) is 0 Å². The van der Waals surface area contributed by atoms with Crippen LogP contribution in [0.2, 0.25) is 0 Å². The molecule has 1 rings (SSSR count). The maximum Gasteiger partial charge on any atom is 0.310 e. The highest BCUT2D eigenvalue weighted by Crippen LogP contribution is 2.22. The first-order chi connectivity index (χ1) is 8.49. The van der Waals surface area contributed by atoms with Crippen LogP contribution < -0.4 is 4.90 Å². The number of carbonyl (C=O) groups excluding carboxylic acids is 1. The van der Waals surface area contributed by atoms with E-state index in [-0.39, 0.29) is 11.9 Å². The summed E-state index contributed by atoms with van der Waals surface area (Å²) in [5, 5.41) is 0. The quantitative estimate of drug-likeness (QED) is 0.751. The molecule has 100 valence electrons. The summed E-state index contributed by atoms with van der Waals surface area (Å²) in [6, 6.07) is 6.36. The highest BCUT2D eigenvalue weighted by Gasteiger charge is 2.19. The lowest BCUT2D eigenvalue weighted by atomic mass is 10.0. The molecule has 0 radical (unpaired) electrons. The van der Waals surface area contributed by atoms with Crippen molar-refractivity contribution in [3.63, 3.8) is 0 Å². The molecule has 0 saturated carbocycles. The number of esters is 1. The Balaban J connectivity index is 2.83. The number of hydrogen-bond donors (Lipinski definition) is 0. The van der Waals surface area contributed by atoms with Gasteiger partial charge in [0.2, 0.25) is 0 Å². The minimum atomic E-state index is -0.130. The van der Waals surface area contributed by atoms with Crippen LogP contribution in [0.1, 0.15) is 24.5 Å². The fourth-order valence-electron chi connectivity index (χ4n) is 2.10. The van der Waals surface area contributed by atoms with Crippen LogP contribution >= 0.6 is 0 Å². The summed E-state index contributed by atoms with van der Waals surface area (Å²) in [5.41, 5.74) is 3.63. The number of anilines is 1. The molecule has 0 saturated heterocycles. The fraction of sp³-hybridized carbons (Fsp3) is 0.533. The van der Waals surface area contributed by atoms with Crippen LogP contribution in [-0.4, -0.2) is 26.7 Å². The highest BCUT2D eigenvalue weighted by molar-refractivity contribution is 5.73. The summed E-state index contributed by atoms with van der Waals surface area (Å²) >= 11 is 0. The molecule has 1 unspecified atom stereocenters. The van der Waals surface area contributed by atoms with E-state index in [1.54, 1.807) is 0 Å². The molecule has 0 N–H and O–H groups in total. The lowest BCUT2D eigenvalue weighted by molar-refractivity contribution is -0.145. The Labute approximate surface area is 110 Å². The van der Waals surface area contributed by atoms with Crippen molar-refractivity contribution in [2.75, 3.05) is 25.6 Å². The molecule has 18 heavy (non-hydrogen) atoms. The average Bonchev–Trinajstić information content (AvgIpc) is 2.37. The fourth-order valence-corrected chi connectivity index (χ4v) is 2.10. The van der Waals surface area contributed by atoms with E-state index in [0.29, 0.717) is 6.54 Å². The van der Waals surface area contributed by atoms with Gasteiger partial charge in [-0.2, -0.15) is 0 Å². The third-order valence-electron chi connectivity index (χ3n) is 3.30. The van der Waals surface area contributed by atoms with E-state index >= 15 is 0 Å². The molecule has 1 atom stereocenters. The first kappa shape index (κ1) is 14.6. The van der Waals surface area contributed by atoms with E-state index in [4.69, 9.17) is 4.74 Å². The summed E-state index contributed by atoms with van der Waals surface area (Å²) in [5.74, 6) is -0.199. The number of carbonyl (C=O) groups is 1. The largest absolute Gasteiger partial charge is 0.469 e. The monoisotopic (exact) mass is 249 g/mol. The van der Waals surface area contributed by atoms with Crippen molar-refractivity contribution in [2.45, 2.75) is 27.2 Å². The molecule has 0 spiro atoms. The lowest BCUT2D eigenvalue weighted by Gasteiger charge is -2.25. The van der Waals surface area contributed by atoms with Gasteiger partial charge in [-0.3, -0.25) is 4.79 Å². The zero-order valence-electron chi connectivity index (χ0n) is 12.0. The Kier molecular flexibility index (Phi) is 5.20. The lowest BCUT2D eigenvalue weighted by Crippen LogP contribution is -2.31. The van der Waals surface area contributed by atoms with Crippen LogP contribution in [0.25, 0.3) is 0 Å². The summed E-state index contributed by atoms with van der Waals surface area (Å²) in [6.45, 7) is 6.87. The number of aryl methyl sites for hydroxylation is 2. The van der Waals surface area contributed by atoms with Crippen LogP contribution in [0.15, 0.2) is 18.2 Å². The maximum absolute atomic E-state index is 11.6. The second-order valence-electron chi connectivity index (χ2n) is 4.80. The molecule has 0 aliphatic heterocycles. The van der Waals surface area contributed by atoms with E-state index in [1.165, 1.54) is 23.9 Å². The predicted octanol–water partition coefficient (Wildman–Crippen LogP) is 2.94. The number of hydrogen-bond acceptors (Lipinski definition) is 3. The average molecular weight is 249 g/mol. The van der Waals surface area contributed by atoms with Crippen molar-refractivity contribution in [3.05, 3.63) is 29.3 Å². The molecule has 0 heterocycles. The van der Waals surface area contributed by atoms with E-state index in [2.05, 4.69) is 36.9 Å². The Morgan fingerprint density at radius 2 is 2.06 bits per heavy atom. The predicted molar refractivity (Wildman–Crippen MR) is 75.0 cm³/mol. The second-order valence-corrected chi connectivity index (χ2v) is 4.80. The first-order valence-corrected chi connectivity index (χ1v) is 6.35. The summed E-state index contributed by atoms with van der Waals surface area (Å²) in [6.07, 6.45) is 0.794. The molecule has 0 aliphatic rings. The molecule has 3 heteroatoms. The van der Waals surface area contributed by atoms with Crippen LogP contribution in [0.3, 0.4) is 0 Å². The van der Waals surface area contributed by atoms with Gasteiger partial charge in [0, 0.05) is 19.3 Å². The normalized spacial score (nSPS) is 12.1. The van der Waals surface area contributed by atoms with Crippen LogP contribution in [0.5, 0.6) is 0 Å². The summed E-state index contributed by atoms with van der Waals surface area (Å²) in [7, 11) is 3.47. The number of benzene rings is 1. The van der Waals surface area contributed by atoms with Gasteiger partial charge >= 0.3 is 5.97 Å². The van der Waals surface area contributed by atoms with Crippen molar-refractivity contribution in [2.24, 2.45) is 5.92 Å². The molecular formula is C15H23NO2. The maximum atomic E-state index is 11.6. The van der Waals surface area contributed by atoms with Crippen molar-refractivity contribution in [1.82, 2.24) is 0 Å². The third-order valence-corrected chi connectivity index (χ3v) is 3.30. The van der Waals surface area contributed by atoms with E-state index < -0.39 is 0 Å². The van der Waals surface area contributed by atoms with Gasteiger partial charge in [0.1, 0.15) is 0 Å². The van der Waals surface area contributed by atoms with E-state index in [0.717, 1.165) is 6.42 Å². The van der Waals surface area contributed by atoms with Gasteiger partial charge < -0.3 is 9.64 Å². The molecule has 1 aromatic rings. The summed E-state index contributed by atoms with van der Waals surface area (Å²) in [4.78, 5) is 13.7. The van der Waals surface area contributed by atoms with Gasteiger partial charge in [0.05, 0.1) is 13.0 Å². The smallest absolute Gasteiger partial charge is 0.310 e. The number of nitrogens with zero attached hydrogens (tertiary/aromatic N) is 1. The minimum absolute atomic E-state index is 0.0695. The van der Waals surface area contributed by atoms with Gasteiger partial charge in [0.15, 0.2) is 0 Å². The molecular weight excluding hydrogens is 226 g/mol. The Hall–Kier alpha value is -1.51. The third kappa shape index (κ3) is 3.49. The van der Waals surface area contributed by atoms with Gasteiger partial charge in [0.25, 0.3) is 0 Å².